The molecule has 0 bridgehead atoms. The molecule has 1 nitrogen and oxygen atoms in total. The zero-order chi connectivity index (χ0) is 12.2. The first-order valence-electron chi connectivity index (χ1n) is 3.11. The van der Waals surface area contributed by atoms with Crippen molar-refractivity contribution in [2.75, 3.05) is 6.61 Å². The molecule has 0 N–H and O–H groups in total. The molecule has 0 unspecified atom stereocenters. The monoisotopic (exact) mass is 242 g/mol. The van der Waals surface area contributed by atoms with Gasteiger partial charge in [0.2, 0.25) is 5.83 Å². The lowest BCUT2D eigenvalue weighted by molar-refractivity contribution is -0.135. The van der Waals surface area contributed by atoms with E-state index in [4.69, 9.17) is 0 Å². The van der Waals surface area contributed by atoms with Crippen LogP contribution in [-0.4, -0.2) is 12.8 Å². The van der Waals surface area contributed by atoms with Gasteiger partial charge in [-0.05, 0) is 0 Å². The maximum atomic E-state index is 11.9. The van der Waals surface area contributed by atoms with Crippen LogP contribution in [0, 0.1) is 0 Å². The van der Waals surface area contributed by atoms with Gasteiger partial charge >= 0.3 is 18.3 Å². The van der Waals surface area contributed by atoms with Gasteiger partial charge in [0.25, 0.3) is 5.76 Å². The molecule has 0 aliphatic heterocycles. The summed E-state index contributed by atoms with van der Waals surface area (Å²) in [7, 11) is 0. The van der Waals surface area contributed by atoms with E-state index in [2.05, 4.69) is 4.74 Å². The fraction of sp³-hybridized carbons (Fsp3) is 0.333. The molecule has 0 radical (unpaired) electrons. The predicted molar refractivity (Wildman–Crippen MR) is 31.6 cm³/mol. The Morgan fingerprint density at radius 3 is 1.60 bits per heavy atom. The number of allylic oxidation sites excluding steroid dienone is 1. The number of alkyl halides is 3. The highest BCUT2D eigenvalue weighted by molar-refractivity contribution is 5.03. The zero-order valence-electron chi connectivity index (χ0n) is 6.64. The molecule has 0 aliphatic rings. The van der Waals surface area contributed by atoms with E-state index in [0.717, 1.165) is 0 Å². The Kier molecular flexibility index (Phi) is 4.56. The van der Waals surface area contributed by atoms with Gasteiger partial charge in [0, 0.05) is 0 Å². The quantitative estimate of drug-likeness (QED) is 0.541. The van der Waals surface area contributed by atoms with Crippen molar-refractivity contribution in [3.63, 3.8) is 0 Å². The molecule has 88 valence electrons. The van der Waals surface area contributed by atoms with Crippen LogP contribution in [0.5, 0.6) is 0 Å². The topological polar surface area (TPSA) is 9.23 Å². The van der Waals surface area contributed by atoms with Crippen LogP contribution in [0.25, 0.3) is 0 Å². The van der Waals surface area contributed by atoms with Crippen LogP contribution in [0.15, 0.2) is 23.7 Å². The Bertz CT molecular complexity index is 280. The second kappa shape index (κ2) is 4.99. The van der Waals surface area contributed by atoms with Crippen LogP contribution < -0.4 is 0 Å². The van der Waals surface area contributed by atoms with Crippen LogP contribution in [0.1, 0.15) is 0 Å². The summed E-state index contributed by atoms with van der Waals surface area (Å²) >= 11 is 0. The molecule has 9 heteroatoms. The molecule has 15 heavy (non-hydrogen) atoms. The summed E-state index contributed by atoms with van der Waals surface area (Å²) in [5, 5.41) is 0. The van der Waals surface area contributed by atoms with Gasteiger partial charge in [-0.15, -0.1) is 0 Å². The molecule has 0 amide bonds. The van der Waals surface area contributed by atoms with Crippen molar-refractivity contribution >= 4 is 0 Å². The summed E-state index contributed by atoms with van der Waals surface area (Å²) in [6, 6.07) is 0. The Hall–Kier alpha value is -1.28. The third-order valence-corrected chi connectivity index (χ3v) is 0.977. The molecule has 0 fully saturated rings. The molecule has 0 rings (SSSR count). The van der Waals surface area contributed by atoms with E-state index in [-0.39, 0.29) is 0 Å². The van der Waals surface area contributed by atoms with E-state index >= 15 is 0 Å². The van der Waals surface area contributed by atoms with Crippen LogP contribution in [0.4, 0.5) is 35.1 Å². The normalized spacial score (nSPS) is 10.9. The van der Waals surface area contributed by atoms with Crippen LogP contribution in [-0.2, 0) is 4.74 Å². The first-order valence-corrected chi connectivity index (χ1v) is 3.11. The van der Waals surface area contributed by atoms with Crippen LogP contribution in [0.2, 0.25) is 0 Å². The van der Waals surface area contributed by atoms with Crippen LogP contribution in [0.3, 0.4) is 0 Å². The van der Waals surface area contributed by atoms with Gasteiger partial charge in [-0.1, -0.05) is 0 Å². The molecule has 0 aromatic heterocycles. The van der Waals surface area contributed by atoms with Crippen molar-refractivity contribution in [3.8, 4) is 0 Å². The molecule has 0 atom stereocenters. The first-order chi connectivity index (χ1) is 6.66. The maximum Gasteiger partial charge on any atom is 0.454 e. The predicted octanol–water partition coefficient (Wildman–Crippen LogP) is 3.75. The standard InChI is InChI=1S/C6H2F8O/c7-2(4(8)9)1-15-3(5(10)11)6(12,13)14/h1H2. The Balaban J connectivity index is 4.65. The average molecular weight is 242 g/mol. The number of rotatable bonds is 3. The average Bonchev–Trinajstić information content (AvgIpc) is 2.00. The van der Waals surface area contributed by atoms with Crippen LogP contribution >= 0.6 is 0 Å². The van der Waals surface area contributed by atoms with Gasteiger partial charge in [0.1, 0.15) is 6.61 Å². The fourth-order valence-corrected chi connectivity index (χ4v) is 0.434. The largest absolute Gasteiger partial charge is 0.478 e. The summed E-state index contributed by atoms with van der Waals surface area (Å²) in [6.07, 6.45) is -11.8. The zero-order valence-corrected chi connectivity index (χ0v) is 6.64. The molecule has 0 heterocycles. The highest BCUT2D eigenvalue weighted by Gasteiger charge is 2.40. The summed E-state index contributed by atoms with van der Waals surface area (Å²) in [5.41, 5.74) is 0. The lowest BCUT2D eigenvalue weighted by Crippen LogP contribution is -2.16. The molecule has 0 spiro atoms. The first kappa shape index (κ1) is 13.7. The molecule has 0 aromatic carbocycles. The fourth-order valence-electron chi connectivity index (χ4n) is 0.434. The maximum absolute atomic E-state index is 11.9. The van der Waals surface area contributed by atoms with E-state index in [1.807, 2.05) is 0 Å². The minimum atomic E-state index is -5.56. The van der Waals surface area contributed by atoms with E-state index in [1.165, 1.54) is 0 Å². The SMILES string of the molecule is FC(F)=C(F)COC(=C(F)F)C(F)(F)F. The number of hydrogen-bond acceptors (Lipinski definition) is 1. The van der Waals surface area contributed by atoms with Gasteiger partial charge in [-0.3, -0.25) is 0 Å². The van der Waals surface area contributed by atoms with Gasteiger partial charge in [0.05, 0.1) is 0 Å². The number of ether oxygens (including phenoxy) is 1. The molecule has 0 aliphatic carbocycles. The van der Waals surface area contributed by atoms with Gasteiger partial charge in [-0.2, -0.15) is 30.7 Å². The van der Waals surface area contributed by atoms with E-state index in [1.54, 1.807) is 0 Å². The van der Waals surface area contributed by atoms with Crippen molar-refractivity contribution in [1.82, 2.24) is 0 Å². The Morgan fingerprint density at radius 1 is 0.867 bits per heavy atom. The molecule has 0 saturated carbocycles. The Labute approximate surface area is 77.6 Å². The Morgan fingerprint density at radius 2 is 1.33 bits per heavy atom. The smallest absolute Gasteiger partial charge is 0.454 e. The van der Waals surface area contributed by atoms with Crippen molar-refractivity contribution in [2.45, 2.75) is 6.18 Å². The molecule has 0 aromatic rings. The number of halogens is 8. The lowest BCUT2D eigenvalue weighted by Gasteiger charge is -2.10. The van der Waals surface area contributed by atoms with Gasteiger partial charge in [-0.25, -0.2) is 4.39 Å². The van der Waals surface area contributed by atoms with Crippen molar-refractivity contribution in [1.29, 1.82) is 0 Å². The summed E-state index contributed by atoms with van der Waals surface area (Å²) in [4.78, 5) is 0. The minimum absolute atomic E-state index is 1.91. The van der Waals surface area contributed by atoms with Crippen molar-refractivity contribution in [3.05, 3.63) is 23.7 Å². The van der Waals surface area contributed by atoms with E-state index in [9.17, 15) is 35.1 Å². The van der Waals surface area contributed by atoms with Crippen molar-refractivity contribution in [2.24, 2.45) is 0 Å². The van der Waals surface area contributed by atoms with Crippen molar-refractivity contribution < 1.29 is 39.9 Å². The summed E-state index contributed by atoms with van der Waals surface area (Å²) in [5.74, 6) is -5.14. The molecule has 0 saturated heterocycles. The summed E-state index contributed by atoms with van der Waals surface area (Å²) < 4.78 is 95.7. The number of hydrogen-bond donors (Lipinski definition) is 0. The van der Waals surface area contributed by atoms with Gasteiger partial charge < -0.3 is 4.74 Å². The third kappa shape index (κ3) is 4.66. The minimum Gasteiger partial charge on any atom is -0.478 e. The molecular formula is C6H2F8O. The second-order valence-electron chi connectivity index (χ2n) is 2.04. The lowest BCUT2D eigenvalue weighted by atomic mass is 10.5. The van der Waals surface area contributed by atoms with E-state index in [0.29, 0.717) is 0 Å². The highest BCUT2D eigenvalue weighted by atomic mass is 19.4. The second-order valence-corrected chi connectivity index (χ2v) is 2.04. The summed E-state index contributed by atoms with van der Waals surface area (Å²) in [6.45, 7) is -1.91. The molecular weight excluding hydrogens is 240 g/mol. The van der Waals surface area contributed by atoms with E-state index < -0.39 is 36.5 Å². The van der Waals surface area contributed by atoms with Gasteiger partial charge in [0.15, 0.2) is 0 Å². The third-order valence-electron chi connectivity index (χ3n) is 0.977. The highest BCUT2D eigenvalue weighted by Crippen LogP contribution is 2.30.